The number of aliphatic imine (C=N–C) groups is 1. The molecule has 0 aliphatic heterocycles. The van der Waals surface area contributed by atoms with Crippen molar-refractivity contribution in [1.82, 2.24) is 15.1 Å². The summed E-state index contributed by atoms with van der Waals surface area (Å²) in [6, 6.07) is 9.60. The molecule has 0 unspecified atom stereocenters. The van der Waals surface area contributed by atoms with Crippen LogP contribution in [0, 0.1) is 12.3 Å². The predicted octanol–water partition coefficient (Wildman–Crippen LogP) is 7.94. The molecule has 0 saturated heterocycles. The number of unbranched alkanes of at least 4 members (excludes halogenated alkanes) is 1. The number of hydrogen-bond acceptors (Lipinski definition) is 7. The Morgan fingerprint density at radius 3 is 2.73 bits per heavy atom. The van der Waals surface area contributed by atoms with Gasteiger partial charge in [0.15, 0.2) is 5.82 Å². The number of allylic oxidation sites excluding steroid dienone is 4. The number of halogens is 1. The standard InChI is InChI=1S/C32H38ClN7O/c1-5-7-8-9-17-36-29(6-2)38-31(22-11-10-12-22)24-14-13-23(18-28(24)41-4)40-20-21(3)32(39-40)37-27-16-15-26(35)25(19-34)30(27)33/h6,8-9,13-20,34,38H,5,7,10-12,35H2,1-4H3,(H,37,39)/b9-8+,29-6+,34-19?,36-17-. The minimum atomic E-state index is 0.380. The zero-order valence-corrected chi connectivity index (χ0v) is 24.8. The van der Waals surface area contributed by atoms with Gasteiger partial charge in [-0.2, -0.15) is 0 Å². The van der Waals surface area contributed by atoms with Crippen molar-refractivity contribution in [2.45, 2.75) is 52.9 Å². The second-order valence-electron chi connectivity index (χ2n) is 9.82. The van der Waals surface area contributed by atoms with E-state index in [1.807, 2.05) is 50.5 Å². The van der Waals surface area contributed by atoms with E-state index in [0.29, 0.717) is 27.8 Å². The van der Waals surface area contributed by atoms with Crippen LogP contribution in [0.3, 0.4) is 0 Å². The largest absolute Gasteiger partial charge is 0.496 e. The molecule has 0 spiro atoms. The molecule has 1 aliphatic rings. The smallest absolute Gasteiger partial charge is 0.155 e. The normalized spacial score (nSPS) is 13.5. The lowest BCUT2D eigenvalue weighted by molar-refractivity contribution is 0.412. The summed E-state index contributed by atoms with van der Waals surface area (Å²) in [6.45, 7) is 6.11. The maximum Gasteiger partial charge on any atom is 0.155 e. The number of methoxy groups -OCH3 is 1. The molecule has 2 aromatic carbocycles. The highest BCUT2D eigenvalue weighted by Crippen LogP contribution is 2.37. The van der Waals surface area contributed by atoms with Crippen LogP contribution in [0.1, 0.15) is 62.6 Å². The number of nitrogens with two attached hydrogens (primary N) is 1. The molecule has 1 aliphatic carbocycles. The van der Waals surface area contributed by atoms with Crippen LogP contribution in [0.5, 0.6) is 5.75 Å². The second-order valence-corrected chi connectivity index (χ2v) is 10.2. The Balaban J connectivity index is 1.62. The molecule has 0 bridgehead atoms. The average Bonchev–Trinajstić information content (AvgIpc) is 3.32. The van der Waals surface area contributed by atoms with Gasteiger partial charge in [-0.05, 0) is 81.5 Å². The summed E-state index contributed by atoms with van der Waals surface area (Å²) in [4.78, 5) is 4.62. The van der Waals surface area contributed by atoms with E-state index < -0.39 is 0 Å². The summed E-state index contributed by atoms with van der Waals surface area (Å²) >= 11 is 6.49. The molecule has 1 saturated carbocycles. The highest BCUT2D eigenvalue weighted by Gasteiger charge is 2.21. The zero-order valence-electron chi connectivity index (χ0n) is 24.1. The van der Waals surface area contributed by atoms with Gasteiger partial charge in [-0.15, -0.1) is 5.10 Å². The molecule has 8 nitrogen and oxygen atoms in total. The third kappa shape index (κ3) is 6.89. The van der Waals surface area contributed by atoms with Crippen molar-refractivity contribution >= 4 is 46.9 Å². The van der Waals surface area contributed by atoms with Crippen LogP contribution in [0.25, 0.3) is 11.4 Å². The van der Waals surface area contributed by atoms with Gasteiger partial charge >= 0.3 is 0 Å². The number of nitrogens with zero attached hydrogens (tertiary/aromatic N) is 3. The van der Waals surface area contributed by atoms with E-state index in [4.69, 9.17) is 32.6 Å². The number of aryl methyl sites for hydroxylation is 1. The number of anilines is 3. The lowest BCUT2D eigenvalue weighted by atomic mass is 9.88. The molecule has 41 heavy (non-hydrogen) atoms. The molecule has 0 atom stereocenters. The first-order valence-corrected chi connectivity index (χ1v) is 14.2. The highest BCUT2D eigenvalue weighted by molar-refractivity contribution is 6.36. The van der Waals surface area contributed by atoms with Crippen LogP contribution in [-0.4, -0.2) is 29.3 Å². The fourth-order valence-electron chi connectivity index (χ4n) is 4.43. The Kier molecular flexibility index (Phi) is 10.0. The summed E-state index contributed by atoms with van der Waals surface area (Å²) in [5.74, 6) is 2.18. The lowest BCUT2D eigenvalue weighted by Crippen LogP contribution is -2.17. The average molecular weight is 572 g/mol. The molecule has 4 rings (SSSR count). The minimum Gasteiger partial charge on any atom is -0.496 e. The van der Waals surface area contributed by atoms with Gasteiger partial charge in [0, 0.05) is 52.8 Å². The van der Waals surface area contributed by atoms with E-state index in [1.54, 1.807) is 23.9 Å². The number of hydrogen-bond donors (Lipinski definition) is 4. The van der Waals surface area contributed by atoms with Gasteiger partial charge in [-0.3, -0.25) is 0 Å². The Labute approximate surface area is 247 Å². The van der Waals surface area contributed by atoms with Gasteiger partial charge in [0.1, 0.15) is 11.6 Å². The maximum atomic E-state index is 7.62. The second kappa shape index (κ2) is 13.9. The van der Waals surface area contributed by atoms with Crippen molar-refractivity contribution in [3.05, 3.63) is 87.9 Å². The van der Waals surface area contributed by atoms with Gasteiger partial charge in [0.05, 0.1) is 23.5 Å². The van der Waals surface area contributed by atoms with E-state index in [9.17, 15) is 0 Å². The summed E-state index contributed by atoms with van der Waals surface area (Å²) in [6.07, 6.45) is 16.4. The quantitative estimate of drug-likeness (QED) is 0.130. The van der Waals surface area contributed by atoms with Gasteiger partial charge in [-0.25, -0.2) is 9.67 Å². The zero-order chi connectivity index (χ0) is 29.4. The van der Waals surface area contributed by atoms with Crippen molar-refractivity contribution in [2.24, 2.45) is 4.99 Å². The Hall–Kier alpha value is -4.30. The van der Waals surface area contributed by atoms with Crippen molar-refractivity contribution in [3.63, 3.8) is 0 Å². The van der Waals surface area contributed by atoms with E-state index in [1.165, 1.54) is 12.0 Å². The van der Waals surface area contributed by atoms with Crippen molar-refractivity contribution in [2.75, 3.05) is 18.2 Å². The van der Waals surface area contributed by atoms with E-state index in [-0.39, 0.29) is 0 Å². The molecule has 1 aromatic heterocycles. The third-order valence-corrected chi connectivity index (χ3v) is 7.36. The van der Waals surface area contributed by atoms with Crippen molar-refractivity contribution in [1.29, 1.82) is 5.41 Å². The fraction of sp³-hybridized carbons (Fsp3) is 0.281. The molecule has 1 fully saturated rings. The number of nitrogen functional groups attached to an aromatic ring is 1. The monoisotopic (exact) mass is 571 g/mol. The van der Waals surface area contributed by atoms with Gasteiger partial charge in [0.2, 0.25) is 0 Å². The van der Waals surface area contributed by atoms with Gasteiger partial charge < -0.3 is 26.5 Å². The molecular weight excluding hydrogens is 534 g/mol. The number of aromatic nitrogens is 2. The van der Waals surface area contributed by atoms with Crippen molar-refractivity contribution in [3.8, 4) is 11.4 Å². The minimum absolute atomic E-state index is 0.380. The topological polar surface area (TPSA) is 113 Å². The Morgan fingerprint density at radius 1 is 1.27 bits per heavy atom. The van der Waals surface area contributed by atoms with Crippen molar-refractivity contribution < 1.29 is 4.74 Å². The lowest BCUT2D eigenvalue weighted by Gasteiger charge is -2.25. The number of ether oxygens (including phenoxy) is 1. The van der Waals surface area contributed by atoms with Crippen LogP contribution >= 0.6 is 11.6 Å². The Morgan fingerprint density at radius 2 is 2.07 bits per heavy atom. The van der Waals surface area contributed by atoms with Crippen LogP contribution in [0.4, 0.5) is 17.2 Å². The van der Waals surface area contributed by atoms with E-state index in [2.05, 4.69) is 34.7 Å². The molecule has 5 N–H and O–H groups in total. The van der Waals surface area contributed by atoms with E-state index >= 15 is 0 Å². The van der Waals surface area contributed by atoms with Crippen LogP contribution < -0.4 is 21.1 Å². The third-order valence-electron chi connectivity index (χ3n) is 6.96. The number of benzene rings is 2. The summed E-state index contributed by atoms with van der Waals surface area (Å²) in [7, 11) is 1.68. The molecule has 214 valence electrons. The SMILES string of the molecule is C\C=C(/N=C\C=C\CCC)NC(=C1CCC1)c1ccc(-n2cc(C)c(Nc3ccc(N)c(C=N)c3Cl)n2)cc1OC. The van der Waals surface area contributed by atoms with Crippen LogP contribution in [0.2, 0.25) is 5.02 Å². The molecule has 0 amide bonds. The predicted molar refractivity (Wildman–Crippen MR) is 172 cm³/mol. The Bertz CT molecular complexity index is 1520. The molecule has 1 heterocycles. The van der Waals surface area contributed by atoms with E-state index in [0.717, 1.165) is 66.0 Å². The number of nitrogens with one attached hydrogen (secondary N) is 3. The first kappa shape index (κ1) is 29.7. The number of rotatable bonds is 12. The summed E-state index contributed by atoms with van der Waals surface area (Å²) in [5.41, 5.74) is 12.7. The molecular formula is C32H38ClN7O. The summed E-state index contributed by atoms with van der Waals surface area (Å²) in [5, 5.41) is 19.6. The van der Waals surface area contributed by atoms with Gasteiger partial charge in [0.25, 0.3) is 0 Å². The maximum absolute atomic E-state index is 7.62. The fourth-order valence-corrected chi connectivity index (χ4v) is 4.70. The van der Waals surface area contributed by atoms with Crippen LogP contribution in [-0.2, 0) is 0 Å². The van der Waals surface area contributed by atoms with Gasteiger partial charge in [-0.1, -0.05) is 31.0 Å². The first-order valence-electron chi connectivity index (χ1n) is 13.8. The highest BCUT2D eigenvalue weighted by atomic mass is 35.5. The van der Waals surface area contributed by atoms with Crippen LogP contribution in [0.15, 0.2) is 71.1 Å². The molecule has 9 heteroatoms. The summed E-state index contributed by atoms with van der Waals surface area (Å²) < 4.78 is 7.69. The first-order chi connectivity index (χ1) is 19.9. The molecule has 0 radical (unpaired) electrons. The molecule has 3 aromatic rings.